The summed E-state index contributed by atoms with van der Waals surface area (Å²) >= 11 is 0. The fourth-order valence-electron chi connectivity index (χ4n) is 2.89. The van der Waals surface area contributed by atoms with E-state index in [2.05, 4.69) is 20.2 Å². The molecule has 1 aromatic carbocycles. The van der Waals surface area contributed by atoms with E-state index in [1.165, 1.54) is 0 Å². The van der Waals surface area contributed by atoms with Gasteiger partial charge in [0, 0.05) is 45.0 Å². The molecule has 0 unspecified atom stereocenters. The molecule has 1 saturated heterocycles. The van der Waals surface area contributed by atoms with Crippen molar-refractivity contribution in [2.45, 2.75) is 12.8 Å². The number of carbonyl (C=O) groups is 2. The first kappa shape index (κ1) is 17.8. The molecule has 2 heterocycles. The van der Waals surface area contributed by atoms with E-state index in [1.807, 2.05) is 30.3 Å². The summed E-state index contributed by atoms with van der Waals surface area (Å²) < 4.78 is 0. The molecule has 0 aliphatic carbocycles. The van der Waals surface area contributed by atoms with E-state index in [0.29, 0.717) is 45.0 Å². The Morgan fingerprint density at radius 1 is 0.962 bits per heavy atom. The molecule has 0 spiro atoms. The third kappa shape index (κ3) is 5.02. The Labute approximate surface area is 153 Å². The molecular formula is C19H23N5O2. The van der Waals surface area contributed by atoms with Crippen LogP contribution in [0.5, 0.6) is 0 Å². The molecule has 0 atom stereocenters. The Hall–Kier alpha value is -2.96. The second-order valence-corrected chi connectivity index (χ2v) is 6.18. The van der Waals surface area contributed by atoms with Crippen LogP contribution in [0.1, 0.15) is 12.0 Å². The zero-order chi connectivity index (χ0) is 18.2. The van der Waals surface area contributed by atoms with Crippen LogP contribution in [0, 0.1) is 0 Å². The lowest BCUT2D eigenvalue weighted by atomic mass is 10.1. The molecule has 136 valence electrons. The number of aryl methyl sites for hydroxylation is 1. The molecule has 1 aromatic heterocycles. The number of hydrogen-bond donors (Lipinski definition) is 1. The highest BCUT2D eigenvalue weighted by atomic mass is 16.2. The Morgan fingerprint density at radius 2 is 1.65 bits per heavy atom. The van der Waals surface area contributed by atoms with Gasteiger partial charge in [0.25, 0.3) is 0 Å². The molecule has 1 N–H and O–H groups in total. The minimum absolute atomic E-state index is 0.0494. The van der Waals surface area contributed by atoms with Crippen LogP contribution in [0.15, 0.2) is 48.8 Å². The van der Waals surface area contributed by atoms with Crippen LogP contribution in [0.25, 0.3) is 0 Å². The van der Waals surface area contributed by atoms with Gasteiger partial charge in [-0.2, -0.15) is 0 Å². The van der Waals surface area contributed by atoms with Crippen molar-refractivity contribution < 1.29 is 9.59 Å². The summed E-state index contributed by atoms with van der Waals surface area (Å²) in [6.45, 7) is 2.65. The van der Waals surface area contributed by atoms with Crippen molar-refractivity contribution in [1.82, 2.24) is 20.2 Å². The predicted molar refractivity (Wildman–Crippen MR) is 98.6 cm³/mol. The molecule has 1 aliphatic heterocycles. The molecule has 26 heavy (non-hydrogen) atoms. The molecule has 2 aromatic rings. The van der Waals surface area contributed by atoms with Crippen LogP contribution >= 0.6 is 0 Å². The molecule has 3 rings (SSSR count). The first-order valence-electron chi connectivity index (χ1n) is 8.83. The van der Waals surface area contributed by atoms with Crippen molar-refractivity contribution in [3.63, 3.8) is 0 Å². The summed E-state index contributed by atoms with van der Waals surface area (Å²) in [6.07, 6.45) is 4.49. The van der Waals surface area contributed by atoms with Crippen molar-refractivity contribution in [3.05, 3.63) is 54.4 Å². The number of hydrogen-bond acceptors (Lipinski definition) is 5. The van der Waals surface area contributed by atoms with Gasteiger partial charge in [-0.3, -0.25) is 9.59 Å². The SMILES string of the molecule is O=C(CCc1ccccc1)NCC(=O)N1CCN(c2ncccn2)CC1. The Balaban J connectivity index is 1.37. The van der Waals surface area contributed by atoms with Crippen LogP contribution < -0.4 is 10.2 Å². The monoisotopic (exact) mass is 353 g/mol. The summed E-state index contributed by atoms with van der Waals surface area (Å²) in [7, 11) is 0. The quantitative estimate of drug-likeness (QED) is 0.834. The molecule has 0 radical (unpaired) electrons. The van der Waals surface area contributed by atoms with Gasteiger partial charge in [-0.15, -0.1) is 0 Å². The lowest BCUT2D eigenvalue weighted by Crippen LogP contribution is -2.51. The minimum Gasteiger partial charge on any atom is -0.347 e. The van der Waals surface area contributed by atoms with Gasteiger partial charge in [0.2, 0.25) is 17.8 Å². The third-order valence-electron chi connectivity index (χ3n) is 4.39. The second kappa shape index (κ2) is 8.94. The van der Waals surface area contributed by atoms with Crippen LogP contribution in [0.3, 0.4) is 0 Å². The van der Waals surface area contributed by atoms with Gasteiger partial charge in [0.1, 0.15) is 0 Å². The number of aromatic nitrogens is 2. The molecule has 1 fully saturated rings. The Bertz CT molecular complexity index is 715. The predicted octanol–water partition coefficient (Wildman–Crippen LogP) is 0.874. The van der Waals surface area contributed by atoms with E-state index in [0.717, 1.165) is 5.56 Å². The molecule has 0 bridgehead atoms. The summed E-state index contributed by atoms with van der Waals surface area (Å²) in [4.78, 5) is 36.5. The molecule has 7 nitrogen and oxygen atoms in total. The van der Waals surface area contributed by atoms with E-state index in [4.69, 9.17) is 0 Å². The number of carbonyl (C=O) groups excluding carboxylic acids is 2. The number of amides is 2. The highest BCUT2D eigenvalue weighted by Gasteiger charge is 2.22. The van der Waals surface area contributed by atoms with Crippen molar-refractivity contribution in [3.8, 4) is 0 Å². The highest BCUT2D eigenvalue weighted by molar-refractivity contribution is 5.85. The maximum atomic E-state index is 12.3. The maximum Gasteiger partial charge on any atom is 0.242 e. The van der Waals surface area contributed by atoms with Crippen LogP contribution in [-0.2, 0) is 16.0 Å². The zero-order valence-corrected chi connectivity index (χ0v) is 14.7. The molecular weight excluding hydrogens is 330 g/mol. The topological polar surface area (TPSA) is 78.4 Å². The third-order valence-corrected chi connectivity index (χ3v) is 4.39. The average molecular weight is 353 g/mol. The molecule has 1 aliphatic rings. The molecule has 2 amide bonds. The highest BCUT2D eigenvalue weighted by Crippen LogP contribution is 2.09. The normalized spacial score (nSPS) is 14.2. The standard InChI is InChI=1S/C19H23N5O2/c25-17(8-7-16-5-2-1-3-6-16)22-15-18(26)23-11-13-24(14-12-23)19-20-9-4-10-21-19/h1-6,9-10H,7-8,11-15H2,(H,22,25). The van der Waals surface area contributed by atoms with E-state index >= 15 is 0 Å². The van der Waals surface area contributed by atoms with Crippen molar-refractivity contribution in [2.75, 3.05) is 37.6 Å². The van der Waals surface area contributed by atoms with Gasteiger partial charge in [-0.05, 0) is 18.1 Å². The number of benzene rings is 1. The minimum atomic E-state index is -0.0986. The number of anilines is 1. The first-order valence-corrected chi connectivity index (χ1v) is 8.83. The van der Waals surface area contributed by atoms with Gasteiger partial charge >= 0.3 is 0 Å². The van der Waals surface area contributed by atoms with Crippen LogP contribution in [-0.4, -0.2) is 59.4 Å². The molecule has 7 heteroatoms. The number of piperazine rings is 1. The summed E-state index contributed by atoms with van der Waals surface area (Å²) in [5, 5.41) is 2.72. The van der Waals surface area contributed by atoms with Gasteiger partial charge in [0.15, 0.2) is 0 Å². The lowest BCUT2D eigenvalue weighted by molar-refractivity contribution is -0.133. The summed E-state index contributed by atoms with van der Waals surface area (Å²) in [5.41, 5.74) is 1.12. The van der Waals surface area contributed by atoms with Crippen LogP contribution in [0.2, 0.25) is 0 Å². The number of rotatable bonds is 6. The van der Waals surface area contributed by atoms with E-state index < -0.39 is 0 Å². The van der Waals surface area contributed by atoms with Crippen molar-refractivity contribution in [1.29, 1.82) is 0 Å². The van der Waals surface area contributed by atoms with Gasteiger partial charge in [0.05, 0.1) is 6.54 Å². The number of nitrogens with one attached hydrogen (secondary N) is 1. The van der Waals surface area contributed by atoms with Crippen molar-refractivity contribution in [2.24, 2.45) is 0 Å². The maximum absolute atomic E-state index is 12.3. The largest absolute Gasteiger partial charge is 0.347 e. The van der Waals surface area contributed by atoms with Gasteiger partial charge in [-0.25, -0.2) is 9.97 Å². The fraction of sp³-hybridized carbons (Fsp3) is 0.368. The summed E-state index contributed by atoms with van der Waals surface area (Å²) in [5.74, 6) is 0.541. The Kier molecular flexibility index (Phi) is 6.14. The number of nitrogens with zero attached hydrogens (tertiary/aromatic N) is 4. The average Bonchev–Trinajstić information content (AvgIpc) is 2.72. The van der Waals surface area contributed by atoms with Crippen LogP contribution in [0.4, 0.5) is 5.95 Å². The first-order chi connectivity index (χ1) is 12.7. The van der Waals surface area contributed by atoms with E-state index in [-0.39, 0.29) is 18.4 Å². The van der Waals surface area contributed by atoms with E-state index in [1.54, 1.807) is 23.4 Å². The zero-order valence-electron chi connectivity index (χ0n) is 14.7. The fourth-order valence-corrected chi connectivity index (χ4v) is 2.89. The van der Waals surface area contributed by atoms with Gasteiger partial charge < -0.3 is 15.1 Å². The second-order valence-electron chi connectivity index (χ2n) is 6.18. The Morgan fingerprint density at radius 3 is 2.35 bits per heavy atom. The van der Waals surface area contributed by atoms with Gasteiger partial charge in [-0.1, -0.05) is 30.3 Å². The van der Waals surface area contributed by atoms with E-state index in [9.17, 15) is 9.59 Å². The molecule has 0 saturated carbocycles. The lowest BCUT2D eigenvalue weighted by Gasteiger charge is -2.34. The summed E-state index contributed by atoms with van der Waals surface area (Å²) in [6, 6.07) is 11.6. The van der Waals surface area contributed by atoms with Crippen molar-refractivity contribution >= 4 is 17.8 Å². The smallest absolute Gasteiger partial charge is 0.242 e.